The zero-order valence-corrected chi connectivity index (χ0v) is 11.5. The van der Waals surface area contributed by atoms with Crippen LogP contribution in [-0.4, -0.2) is 23.9 Å². The van der Waals surface area contributed by atoms with Gasteiger partial charge in [-0.25, -0.2) is 0 Å². The van der Waals surface area contributed by atoms with Gasteiger partial charge in [0.05, 0.1) is 7.11 Å². The van der Waals surface area contributed by atoms with Crippen molar-refractivity contribution in [3.05, 3.63) is 34.9 Å². The molecule has 0 aromatic heterocycles. The van der Waals surface area contributed by atoms with Gasteiger partial charge in [-0.05, 0) is 43.0 Å². The second-order valence-electron chi connectivity index (χ2n) is 4.43. The number of benzene rings is 1. The number of methoxy groups -OCH3 is 1. The fourth-order valence-corrected chi connectivity index (χ4v) is 2.32. The minimum atomic E-state index is 0.00382. The van der Waals surface area contributed by atoms with Gasteiger partial charge >= 0.3 is 0 Å². The highest BCUT2D eigenvalue weighted by Crippen LogP contribution is 2.24. The van der Waals surface area contributed by atoms with Gasteiger partial charge in [0.25, 0.3) is 5.91 Å². The lowest BCUT2D eigenvalue weighted by Crippen LogP contribution is -2.29. The first-order valence-electron chi connectivity index (χ1n) is 5.98. The van der Waals surface area contributed by atoms with Crippen LogP contribution in [0.15, 0.2) is 23.8 Å². The van der Waals surface area contributed by atoms with Crippen LogP contribution in [0, 0.1) is 6.92 Å². The Labute approximate surface area is 113 Å². The fourth-order valence-electron chi connectivity index (χ4n) is 2.05. The minimum absolute atomic E-state index is 0.00382. The summed E-state index contributed by atoms with van der Waals surface area (Å²) in [6.45, 7) is 2.72. The molecule has 2 rings (SSSR count). The number of rotatable bonds is 2. The number of thiol groups is 1. The summed E-state index contributed by atoms with van der Waals surface area (Å²) in [5, 5.41) is 0. The number of hydrogen-bond acceptors (Lipinski definition) is 3. The van der Waals surface area contributed by atoms with Gasteiger partial charge in [-0.1, -0.05) is 24.9 Å². The van der Waals surface area contributed by atoms with Gasteiger partial charge in [0.1, 0.15) is 5.75 Å². The van der Waals surface area contributed by atoms with E-state index < -0.39 is 0 Å². The predicted octanol–water partition coefficient (Wildman–Crippen LogP) is 2.85. The van der Waals surface area contributed by atoms with Gasteiger partial charge < -0.3 is 4.74 Å². The molecular weight excluding hydrogens is 246 g/mol. The van der Waals surface area contributed by atoms with Crippen molar-refractivity contribution >= 4 is 24.8 Å². The first kappa shape index (κ1) is 13.0. The Balaban J connectivity index is 2.29. The van der Waals surface area contributed by atoms with E-state index in [0.717, 1.165) is 41.8 Å². The predicted molar refractivity (Wildman–Crippen MR) is 75.6 cm³/mol. The third-order valence-corrected chi connectivity index (χ3v) is 3.48. The highest BCUT2D eigenvalue weighted by Gasteiger charge is 2.20. The van der Waals surface area contributed by atoms with E-state index in [9.17, 15) is 4.79 Å². The molecule has 1 fully saturated rings. The van der Waals surface area contributed by atoms with Crippen LogP contribution in [0.4, 0.5) is 0 Å². The molecule has 0 unspecified atom stereocenters. The second kappa shape index (κ2) is 5.48. The Morgan fingerprint density at radius 3 is 2.94 bits per heavy atom. The summed E-state index contributed by atoms with van der Waals surface area (Å²) in [5.41, 5.74) is 2.89. The average molecular weight is 263 g/mol. The van der Waals surface area contributed by atoms with E-state index in [4.69, 9.17) is 4.74 Å². The molecule has 0 spiro atoms. The Kier molecular flexibility index (Phi) is 3.97. The zero-order valence-electron chi connectivity index (χ0n) is 10.6. The first-order valence-corrected chi connectivity index (χ1v) is 6.38. The van der Waals surface area contributed by atoms with Crippen molar-refractivity contribution in [2.24, 2.45) is 0 Å². The van der Waals surface area contributed by atoms with Crippen LogP contribution in [0.5, 0.6) is 5.75 Å². The van der Waals surface area contributed by atoms with Gasteiger partial charge in [0, 0.05) is 12.1 Å². The van der Waals surface area contributed by atoms with Crippen LogP contribution in [0.2, 0.25) is 0 Å². The zero-order chi connectivity index (χ0) is 13.1. The lowest BCUT2D eigenvalue weighted by atomic mass is 10.0. The van der Waals surface area contributed by atoms with Gasteiger partial charge in [0.2, 0.25) is 0 Å². The van der Waals surface area contributed by atoms with E-state index >= 15 is 0 Å². The van der Waals surface area contributed by atoms with Crippen LogP contribution < -0.4 is 4.74 Å². The third-order valence-electron chi connectivity index (χ3n) is 3.10. The van der Waals surface area contributed by atoms with Crippen LogP contribution in [0.25, 0.3) is 6.08 Å². The van der Waals surface area contributed by atoms with Crippen molar-refractivity contribution < 1.29 is 9.53 Å². The first-order chi connectivity index (χ1) is 8.61. The number of piperidine rings is 1. The summed E-state index contributed by atoms with van der Waals surface area (Å²) in [6, 6.07) is 5.94. The Morgan fingerprint density at radius 1 is 1.44 bits per heavy atom. The van der Waals surface area contributed by atoms with Crippen molar-refractivity contribution in [3.8, 4) is 5.75 Å². The maximum atomic E-state index is 11.9. The van der Waals surface area contributed by atoms with Crippen LogP contribution >= 0.6 is 12.8 Å². The number of aryl methyl sites for hydroxylation is 1. The molecule has 18 heavy (non-hydrogen) atoms. The molecule has 0 radical (unpaired) electrons. The highest BCUT2D eigenvalue weighted by molar-refractivity contribution is 7.78. The van der Waals surface area contributed by atoms with E-state index in [-0.39, 0.29) is 5.91 Å². The van der Waals surface area contributed by atoms with Gasteiger partial charge in [-0.15, -0.1) is 0 Å². The van der Waals surface area contributed by atoms with Gasteiger partial charge in [-0.2, -0.15) is 0 Å². The lowest BCUT2D eigenvalue weighted by Gasteiger charge is -2.22. The summed E-state index contributed by atoms with van der Waals surface area (Å²) in [7, 11) is 1.65. The molecule has 1 saturated heterocycles. The molecule has 1 aromatic rings. The standard InChI is InChI=1S/C14H17NO2S/c1-10-5-6-11(9-13(10)17-2)8-12-4-3-7-15(18)14(12)16/h5-6,8-9,18H,3-4,7H2,1-2H3/b12-8+. The van der Waals surface area contributed by atoms with E-state index in [1.807, 2.05) is 31.2 Å². The molecule has 0 saturated carbocycles. The van der Waals surface area contributed by atoms with E-state index in [2.05, 4.69) is 12.8 Å². The molecule has 1 amide bonds. The van der Waals surface area contributed by atoms with E-state index in [1.54, 1.807) is 7.11 Å². The van der Waals surface area contributed by atoms with Gasteiger partial charge in [0.15, 0.2) is 0 Å². The quantitative estimate of drug-likeness (QED) is 0.657. The normalized spacial score (nSPS) is 18.3. The van der Waals surface area contributed by atoms with Crippen LogP contribution in [-0.2, 0) is 4.79 Å². The van der Waals surface area contributed by atoms with Crippen molar-refractivity contribution in [2.45, 2.75) is 19.8 Å². The Bertz CT molecular complexity index is 497. The molecule has 4 heteroatoms. The maximum absolute atomic E-state index is 11.9. The number of ether oxygens (including phenoxy) is 1. The van der Waals surface area contributed by atoms with Crippen LogP contribution in [0.3, 0.4) is 0 Å². The van der Waals surface area contributed by atoms with E-state index in [1.165, 1.54) is 4.31 Å². The number of amides is 1. The monoisotopic (exact) mass is 263 g/mol. The lowest BCUT2D eigenvalue weighted by molar-refractivity contribution is -0.123. The largest absolute Gasteiger partial charge is 0.496 e. The summed E-state index contributed by atoms with van der Waals surface area (Å²) >= 11 is 4.16. The molecule has 0 atom stereocenters. The average Bonchev–Trinajstić information content (AvgIpc) is 2.37. The smallest absolute Gasteiger partial charge is 0.259 e. The molecule has 1 aromatic carbocycles. The van der Waals surface area contributed by atoms with Crippen molar-refractivity contribution in [2.75, 3.05) is 13.7 Å². The maximum Gasteiger partial charge on any atom is 0.259 e. The third kappa shape index (κ3) is 2.70. The highest BCUT2D eigenvalue weighted by atomic mass is 32.1. The van der Waals surface area contributed by atoms with E-state index in [0.29, 0.717) is 0 Å². The molecule has 1 aliphatic rings. The molecule has 0 bridgehead atoms. The molecule has 96 valence electrons. The summed E-state index contributed by atoms with van der Waals surface area (Å²) in [5.74, 6) is 0.847. The number of carbonyl (C=O) groups is 1. The SMILES string of the molecule is COc1cc(/C=C2\CCCN(S)C2=O)ccc1C. The Morgan fingerprint density at radius 2 is 2.22 bits per heavy atom. The molecule has 3 nitrogen and oxygen atoms in total. The van der Waals surface area contributed by atoms with Crippen LogP contribution in [0.1, 0.15) is 24.0 Å². The molecule has 0 aliphatic carbocycles. The summed E-state index contributed by atoms with van der Waals surface area (Å²) in [4.78, 5) is 11.9. The van der Waals surface area contributed by atoms with Crippen molar-refractivity contribution in [1.82, 2.24) is 4.31 Å². The van der Waals surface area contributed by atoms with Gasteiger partial charge in [-0.3, -0.25) is 9.10 Å². The van der Waals surface area contributed by atoms with Crippen molar-refractivity contribution in [1.29, 1.82) is 0 Å². The molecule has 1 aliphatic heterocycles. The number of nitrogens with zero attached hydrogens (tertiary/aromatic N) is 1. The summed E-state index contributed by atoms with van der Waals surface area (Å²) in [6.07, 6.45) is 3.70. The second-order valence-corrected chi connectivity index (χ2v) is 4.91. The topological polar surface area (TPSA) is 29.5 Å². The fraction of sp³-hybridized carbons (Fsp3) is 0.357. The molecule has 0 N–H and O–H groups in total. The summed E-state index contributed by atoms with van der Waals surface area (Å²) < 4.78 is 6.76. The molecular formula is C14H17NO2S. The molecule has 1 heterocycles. The number of hydrogen-bond donors (Lipinski definition) is 1. The van der Waals surface area contributed by atoms with Crippen molar-refractivity contribution in [3.63, 3.8) is 0 Å². The minimum Gasteiger partial charge on any atom is -0.496 e. The number of carbonyl (C=O) groups excluding carboxylic acids is 1. The Hall–Kier alpha value is -1.42.